The van der Waals surface area contributed by atoms with E-state index in [1.54, 1.807) is 0 Å². The normalized spacial score (nSPS) is 25.2. The molecule has 16 heavy (non-hydrogen) atoms. The molecule has 1 saturated heterocycles. The first-order valence-corrected chi connectivity index (χ1v) is 5.80. The Morgan fingerprint density at radius 1 is 1.31 bits per heavy atom. The first-order valence-electron chi connectivity index (χ1n) is 5.80. The number of nitrogens with one attached hydrogen (secondary N) is 1. The van der Waals surface area contributed by atoms with Crippen LogP contribution in [0, 0.1) is 0 Å². The van der Waals surface area contributed by atoms with Gasteiger partial charge in [0.25, 0.3) is 0 Å². The van der Waals surface area contributed by atoms with Crippen molar-refractivity contribution in [2.24, 2.45) is 0 Å². The third-order valence-electron chi connectivity index (χ3n) is 3.04. The molecule has 5 heteroatoms. The molecule has 1 aliphatic rings. The van der Waals surface area contributed by atoms with Crippen molar-refractivity contribution in [1.29, 1.82) is 0 Å². The molecule has 0 aliphatic carbocycles. The van der Waals surface area contributed by atoms with Crippen molar-refractivity contribution in [3.63, 3.8) is 0 Å². The van der Waals surface area contributed by atoms with Crippen molar-refractivity contribution in [3.8, 4) is 0 Å². The van der Waals surface area contributed by atoms with Crippen LogP contribution in [-0.2, 0) is 4.79 Å². The lowest BCUT2D eigenvalue weighted by molar-refractivity contribution is -0.136. The monoisotopic (exact) mass is 228 g/mol. The second-order valence-corrected chi connectivity index (χ2v) is 4.41. The zero-order chi connectivity index (χ0) is 12.1. The van der Waals surface area contributed by atoms with Crippen LogP contribution in [0.15, 0.2) is 0 Å². The van der Waals surface area contributed by atoms with E-state index in [1.807, 2.05) is 18.7 Å². The molecule has 2 atom stereocenters. The molecule has 0 aromatic rings. The van der Waals surface area contributed by atoms with Crippen LogP contribution in [0.2, 0.25) is 0 Å². The number of hydrogen-bond acceptors (Lipinski definition) is 2. The fourth-order valence-corrected chi connectivity index (χ4v) is 2.19. The van der Waals surface area contributed by atoms with Gasteiger partial charge in [0, 0.05) is 18.6 Å². The van der Waals surface area contributed by atoms with Gasteiger partial charge in [-0.1, -0.05) is 0 Å². The Morgan fingerprint density at radius 2 is 1.88 bits per heavy atom. The predicted molar refractivity (Wildman–Crippen MR) is 60.3 cm³/mol. The molecule has 1 rings (SSSR count). The molecular formula is C11H20N2O3. The SMILES string of the molecule is C[C@@H]1CCC[C@H](C)N1C(=O)NCCC(=O)O. The van der Waals surface area contributed by atoms with Gasteiger partial charge >= 0.3 is 12.0 Å². The highest BCUT2D eigenvalue weighted by molar-refractivity contribution is 5.76. The molecule has 0 unspecified atom stereocenters. The van der Waals surface area contributed by atoms with E-state index < -0.39 is 5.97 Å². The lowest BCUT2D eigenvalue weighted by atomic mass is 9.98. The number of carbonyl (C=O) groups is 2. The molecule has 0 spiro atoms. The average Bonchev–Trinajstić information content (AvgIpc) is 2.16. The summed E-state index contributed by atoms with van der Waals surface area (Å²) in [5.74, 6) is -0.889. The van der Waals surface area contributed by atoms with Crippen molar-refractivity contribution < 1.29 is 14.7 Å². The number of rotatable bonds is 3. The molecule has 1 aliphatic heterocycles. The van der Waals surface area contributed by atoms with E-state index in [4.69, 9.17) is 5.11 Å². The van der Waals surface area contributed by atoms with E-state index >= 15 is 0 Å². The minimum atomic E-state index is -0.889. The van der Waals surface area contributed by atoms with Gasteiger partial charge in [0.05, 0.1) is 6.42 Å². The van der Waals surface area contributed by atoms with Crippen LogP contribution in [-0.4, -0.2) is 40.6 Å². The number of likely N-dealkylation sites (tertiary alicyclic amines) is 1. The standard InChI is InChI=1S/C11H20N2O3/c1-8-4-3-5-9(2)13(8)11(16)12-7-6-10(14)15/h8-9H,3-7H2,1-2H3,(H,12,16)(H,14,15)/t8-,9+. The van der Waals surface area contributed by atoms with Gasteiger partial charge in [-0.3, -0.25) is 4.79 Å². The van der Waals surface area contributed by atoms with Crippen molar-refractivity contribution in [3.05, 3.63) is 0 Å². The maximum Gasteiger partial charge on any atom is 0.317 e. The number of hydrogen-bond donors (Lipinski definition) is 2. The van der Waals surface area contributed by atoms with Crippen LogP contribution in [0.4, 0.5) is 4.79 Å². The van der Waals surface area contributed by atoms with Gasteiger partial charge < -0.3 is 15.3 Å². The van der Waals surface area contributed by atoms with Crippen LogP contribution in [0.5, 0.6) is 0 Å². The summed E-state index contributed by atoms with van der Waals surface area (Å²) in [6.45, 7) is 4.27. The summed E-state index contributed by atoms with van der Waals surface area (Å²) < 4.78 is 0. The van der Waals surface area contributed by atoms with E-state index in [0.29, 0.717) is 0 Å². The third kappa shape index (κ3) is 3.40. The van der Waals surface area contributed by atoms with Crippen molar-refractivity contribution in [2.45, 2.75) is 51.6 Å². The smallest absolute Gasteiger partial charge is 0.317 e. The van der Waals surface area contributed by atoms with Gasteiger partial charge in [-0.25, -0.2) is 4.79 Å². The summed E-state index contributed by atoms with van der Waals surface area (Å²) in [6, 6.07) is 0.350. The van der Waals surface area contributed by atoms with Crippen LogP contribution in [0.1, 0.15) is 39.5 Å². The van der Waals surface area contributed by atoms with Gasteiger partial charge in [0.1, 0.15) is 0 Å². The zero-order valence-corrected chi connectivity index (χ0v) is 9.90. The molecule has 1 fully saturated rings. The molecule has 92 valence electrons. The Hall–Kier alpha value is -1.26. The van der Waals surface area contributed by atoms with Crippen molar-refractivity contribution in [1.82, 2.24) is 10.2 Å². The Balaban J connectivity index is 2.41. The molecule has 1 heterocycles. The molecule has 5 nitrogen and oxygen atoms in total. The van der Waals surface area contributed by atoms with Crippen LogP contribution < -0.4 is 5.32 Å². The summed E-state index contributed by atoms with van der Waals surface area (Å²) in [6.07, 6.45) is 3.18. The lowest BCUT2D eigenvalue weighted by Crippen LogP contribution is -2.52. The zero-order valence-electron chi connectivity index (χ0n) is 9.90. The Labute approximate surface area is 95.8 Å². The van der Waals surface area contributed by atoms with Crippen molar-refractivity contribution in [2.75, 3.05) is 6.54 Å². The highest BCUT2D eigenvalue weighted by Gasteiger charge is 2.28. The Morgan fingerprint density at radius 3 is 2.38 bits per heavy atom. The van der Waals surface area contributed by atoms with Gasteiger partial charge in [-0.15, -0.1) is 0 Å². The number of carbonyl (C=O) groups excluding carboxylic acids is 1. The number of aliphatic carboxylic acids is 1. The van der Waals surface area contributed by atoms with Gasteiger partial charge in [-0.05, 0) is 33.1 Å². The molecular weight excluding hydrogens is 208 g/mol. The molecule has 2 N–H and O–H groups in total. The second-order valence-electron chi connectivity index (χ2n) is 4.41. The highest BCUT2D eigenvalue weighted by atomic mass is 16.4. The topological polar surface area (TPSA) is 69.6 Å². The molecule has 2 amide bonds. The number of amides is 2. The summed E-state index contributed by atoms with van der Waals surface area (Å²) in [5.41, 5.74) is 0. The maximum absolute atomic E-state index is 11.8. The number of piperidine rings is 1. The highest BCUT2D eigenvalue weighted by Crippen LogP contribution is 2.22. The second kappa shape index (κ2) is 5.72. The first-order chi connectivity index (χ1) is 7.52. The quantitative estimate of drug-likeness (QED) is 0.767. The number of carboxylic acid groups (broad SMARTS) is 1. The number of carboxylic acids is 1. The van der Waals surface area contributed by atoms with E-state index in [-0.39, 0.29) is 31.1 Å². The fourth-order valence-electron chi connectivity index (χ4n) is 2.19. The summed E-state index contributed by atoms with van der Waals surface area (Å²) in [7, 11) is 0. The maximum atomic E-state index is 11.8. The van der Waals surface area contributed by atoms with Crippen LogP contribution >= 0.6 is 0 Å². The first kappa shape index (κ1) is 12.8. The number of nitrogens with zero attached hydrogens (tertiary/aromatic N) is 1. The molecule has 0 radical (unpaired) electrons. The van der Waals surface area contributed by atoms with Crippen molar-refractivity contribution >= 4 is 12.0 Å². The summed E-state index contributed by atoms with van der Waals surface area (Å²) in [4.78, 5) is 24.0. The molecule has 0 aromatic carbocycles. The van der Waals surface area contributed by atoms with E-state index in [1.165, 1.54) is 0 Å². The fraction of sp³-hybridized carbons (Fsp3) is 0.818. The van der Waals surface area contributed by atoms with Gasteiger partial charge in [-0.2, -0.15) is 0 Å². The lowest BCUT2D eigenvalue weighted by Gasteiger charge is -2.38. The molecule has 0 saturated carbocycles. The largest absolute Gasteiger partial charge is 0.481 e. The molecule has 0 aromatic heterocycles. The van der Waals surface area contributed by atoms with Crippen LogP contribution in [0.3, 0.4) is 0 Å². The van der Waals surface area contributed by atoms with Gasteiger partial charge in [0.15, 0.2) is 0 Å². The van der Waals surface area contributed by atoms with Gasteiger partial charge in [0.2, 0.25) is 0 Å². The Bertz CT molecular complexity index is 258. The minimum Gasteiger partial charge on any atom is -0.481 e. The third-order valence-corrected chi connectivity index (χ3v) is 3.04. The van der Waals surface area contributed by atoms with Crippen LogP contribution in [0.25, 0.3) is 0 Å². The number of urea groups is 1. The predicted octanol–water partition coefficient (Wildman–Crippen LogP) is 1.43. The summed E-state index contributed by atoms with van der Waals surface area (Å²) in [5, 5.41) is 11.1. The average molecular weight is 228 g/mol. The summed E-state index contributed by atoms with van der Waals surface area (Å²) >= 11 is 0. The van der Waals surface area contributed by atoms with E-state index in [2.05, 4.69) is 5.32 Å². The van der Waals surface area contributed by atoms with E-state index in [9.17, 15) is 9.59 Å². The Kier molecular flexibility index (Phi) is 4.58. The molecule has 0 bridgehead atoms. The minimum absolute atomic E-state index is 0.0255. The van der Waals surface area contributed by atoms with E-state index in [0.717, 1.165) is 19.3 Å².